The van der Waals surface area contributed by atoms with Crippen molar-refractivity contribution in [1.82, 2.24) is 16.0 Å². The van der Waals surface area contributed by atoms with E-state index in [0.29, 0.717) is 0 Å². The fourth-order valence-electron chi connectivity index (χ4n) is 2.10. The van der Waals surface area contributed by atoms with E-state index in [9.17, 15) is 24.0 Å². The Bertz CT molecular complexity index is 665. The number of carbonyl (C=O) groups is 5. The molecule has 0 saturated heterocycles. The fraction of sp³-hybridized carbons (Fsp3) is 0.600. The van der Waals surface area contributed by atoms with Gasteiger partial charge in [-0.15, -0.1) is 0 Å². The predicted octanol–water partition coefficient (Wildman–Crippen LogP) is -5.59. The monoisotopic (exact) mass is 432 g/mol. The van der Waals surface area contributed by atoms with Gasteiger partial charge in [-0.25, -0.2) is 0 Å². The van der Waals surface area contributed by atoms with Gasteiger partial charge in [-0.1, -0.05) is 0 Å². The lowest BCUT2D eigenvalue weighted by Crippen LogP contribution is -2.57. The van der Waals surface area contributed by atoms with Gasteiger partial charge in [0.15, 0.2) is 5.96 Å². The third-order valence-corrected chi connectivity index (χ3v) is 3.56. The highest BCUT2D eigenvalue weighted by molar-refractivity contribution is 5.95. The first-order valence-corrected chi connectivity index (χ1v) is 8.78. The van der Waals surface area contributed by atoms with Crippen LogP contribution in [0, 0.1) is 0 Å². The summed E-state index contributed by atoms with van der Waals surface area (Å²) in [5.41, 5.74) is 20.8. The molecule has 0 bridgehead atoms. The lowest BCUT2D eigenvalue weighted by atomic mass is 10.1. The fourth-order valence-corrected chi connectivity index (χ4v) is 2.10. The quantitative estimate of drug-likeness (QED) is 0.0712. The van der Waals surface area contributed by atoms with Crippen LogP contribution in [0.1, 0.15) is 19.3 Å². The minimum absolute atomic E-state index is 0.0152. The van der Waals surface area contributed by atoms with Gasteiger partial charge in [0.05, 0.1) is 13.0 Å². The Morgan fingerprint density at radius 2 is 1.53 bits per heavy atom. The number of hydrogen-bond acceptors (Lipinski definition) is 8. The van der Waals surface area contributed by atoms with Gasteiger partial charge >= 0.3 is 5.97 Å². The van der Waals surface area contributed by atoms with E-state index in [1.54, 1.807) is 0 Å². The number of nitrogens with one attached hydrogen (secondary N) is 3. The molecule has 0 spiro atoms. The maximum absolute atomic E-state index is 12.5. The first-order chi connectivity index (χ1) is 14.0. The minimum Gasteiger partial charge on any atom is -0.480 e. The van der Waals surface area contributed by atoms with Gasteiger partial charge in [0.1, 0.15) is 24.7 Å². The molecule has 0 aromatic heterocycles. The Labute approximate surface area is 171 Å². The molecule has 4 amide bonds. The predicted molar refractivity (Wildman–Crippen MR) is 103 cm³/mol. The molecular formula is C15H28N8O7. The molecule has 3 unspecified atom stereocenters. The number of carboxylic acid groups (broad SMARTS) is 1. The number of rotatable bonds is 14. The smallest absolute Gasteiger partial charge is 0.322 e. The summed E-state index contributed by atoms with van der Waals surface area (Å²) in [4.78, 5) is 62.2. The van der Waals surface area contributed by atoms with Crippen LogP contribution in [0.3, 0.4) is 0 Å². The van der Waals surface area contributed by atoms with E-state index >= 15 is 0 Å². The zero-order chi connectivity index (χ0) is 23.3. The van der Waals surface area contributed by atoms with Crippen molar-refractivity contribution in [3.05, 3.63) is 0 Å². The molecule has 0 aromatic rings. The number of aliphatic imine (C=N–C) groups is 1. The van der Waals surface area contributed by atoms with E-state index in [2.05, 4.69) is 20.9 Å². The Kier molecular flexibility index (Phi) is 12.1. The van der Waals surface area contributed by atoms with Crippen LogP contribution in [0.4, 0.5) is 0 Å². The number of aliphatic carboxylic acids is 1. The molecule has 0 aliphatic heterocycles. The Balaban J connectivity index is 5.27. The van der Waals surface area contributed by atoms with Crippen LogP contribution in [0.5, 0.6) is 0 Å². The summed E-state index contributed by atoms with van der Waals surface area (Å²) < 4.78 is 0. The average molecular weight is 432 g/mol. The number of carboxylic acids is 1. The van der Waals surface area contributed by atoms with E-state index in [0.717, 1.165) is 0 Å². The van der Waals surface area contributed by atoms with Crippen LogP contribution in [-0.2, 0) is 24.0 Å². The largest absolute Gasteiger partial charge is 0.480 e. The zero-order valence-electron chi connectivity index (χ0n) is 16.2. The number of guanidine groups is 1. The molecule has 0 heterocycles. The van der Waals surface area contributed by atoms with E-state index < -0.39 is 67.3 Å². The summed E-state index contributed by atoms with van der Waals surface area (Å²) in [6.07, 6.45) is -0.347. The summed E-state index contributed by atoms with van der Waals surface area (Å²) in [6.45, 7) is -1.26. The lowest BCUT2D eigenvalue weighted by molar-refractivity contribution is -0.138. The highest BCUT2D eigenvalue weighted by Gasteiger charge is 2.29. The zero-order valence-corrected chi connectivity index (χ0v) is 16.2. The van der Waals surface area contributed by atoms with Crippen LogP contribution >= 0.6 is 0 Å². The first-order valence-electron chi connectivity index (χ1n) is 8.78. The highest BCUT2D eigenvalue weighted by atomic mass is 16.4. The molecule has 0 fully saturated rings. The van der Waals surface area contributed by atoms with E-state index in [4.69, 9.17) is 33.1 Å². The third-order valence-electron chi connectivity index (χ3n) is 3.56. The van der Waals surface area contributed by atoms with Crippen molar-refractivity contribution < 1.29 is 34.2 Å². The summed E-state index contributed by atoms with van der Waals surface area (Å²) in [7, 11) is 0. The van der Waals surface area contributed by atoms with Crippen LogP contribution in [0.25, 0.3) is 0 Å². The maximum atomic E-state index is 12.5. The Hall–Kier alpha value is -3.46. The van der Waals surface area contributed by atoms with Crippen molar-refractivity contribution >= 4 is 35.6 Å². The second-order valence-electron chi connectivity index (χ2n) is 6.14. The summed E-state index contributed by atoms with van der Waals surface area (Å²) >= 11 is 0. The second kappa shape index (κ2) is 13.7. The highest BCUT2D eigenvalue weighted by Crippen LogP contribution is 2.02. The number of nitrogens with zero attached hydrogens (tertiary/aromatic N) is 1. The van der Waals surface area contributed by atoms with Gasteiger partial charge in [-0.3, -0.25) is 29.0 Å². The number of aliphatic hydroxyl groups is 1. The van der Waals surface area contributed by atoms with Gasteiger partial charge in [0.2, 0.25) is 23.6 Å². The van der Waals surface area contributed by atoms with Crippen molar-refractivity contribution in [3.8, 4) is 0 Å². The average Bonchev–Trinajstić information content (AvgIpc) is 2.66. The molecule has 15 heteroatoms. The Morgan fingerprint density at radius 1 is 0.933 bits per heavy atom. The van der Waals surface area contributed by atoms with Gasteiger partial charge in [0, 0.05) is 6.54 Å². The number of primary amides is 1. The molecule has 0 saturated carbocycles. The van der Waals surface area contributed by atoms with E-state index in [-0.39, 0.29) is 25.3 Å². The molecule has 30 heavy (non-hydrogen) atoms. The molecule has 15 nitrogen and oxygen atoms in total. The van der Waals surface area contributed by atoms with Crippen LogP contribution < -0.4 is 38.9 Å². The lowest BCUT2D eigenvalue weighted by Gasteiger charge is -2.23. The van der Waals surface area contributed by atoms with Gasteiger partial charge < -0.3 is 49.1 Å². The summed E-state index contributed by atoms with van der Waals surface area (Å²) in [5.74, 6) is -5.07. The van der Waals surface area contributed by atoms with Crippen LogP contribution in [-0.4, -0.2) is 83.6 Å². The van der Waals surface area contributed by atoms with Crippen LogP contribution in [0.2, 0.25) is 0 Å². The van der Waals surface area contributed by atoms with Crippen molar-refractivity contribution in [1.29, 1.82) is 0 Å². The number of carbonyl (C=O) groups excluding carboxylic acids is 4. The number of nitrogens with two attached hydrogens (primary N) is 4. The normalized spacial score (nSPS) is 13.3. The molecule has 170 valence electrons. The Morgan fingerprint density at radius 3 is 2.03 bits per heavy atom. The van der Waals surface area contributed by atoms with E-state index in [1.807, 2.05) is 0 Å². The van der Waals surface area contributed by atoms with Gasteiger partial charge in [-0.2, -0.15) is 0 Å². The van der Waals surface area contributed by atoms with Crippen molar-refractivity contribution in [2.45, 2.75) is 37.4 Å². The number of amides is 4. The minimum atomic E-state index is -1.47. The molecule has 3 atom stereocenters. The van der Waals surface area contributed by atoms with Gasteiger partial charge in [-0.05, 0) is 12.8 Å². The van der Waals surface area contributed by atoms with Crippen molar-refractivity contribution in [2.75, 3.05) is 19.7 Å². The molecule has 0 aliphatic rings. The molecular weight excluding hydrogens is 404 g/mol. The molecule has 0 radical (unpaired) electrons. The molecule has 0 aliphatic carbocycles. The molecule has 0 rings (SSSR count). The molecule has 13 N–H and O–H groups in total. The maximum Gasteiger partial charge on any atom is 0.322 e. The molecule has 0 aromatic carbocycles. The van der Waals surface area contributed by atoms with Crippen molar-refractivity contribution in [3.63, 3.8) is 0 Å². The van der Waals surface area contributed by atoms with Crippen LogP contribution in [0.15, 0.2) is 4.99 Å². The first kappa shape index (κ1) is 26.5. The number of hydrogen-bond donors (Lipinski definition) is 9. The third kappa shape index (κ3) is 11.4. The standard InChI is InChI=1S/C15H28N8O7/c16-7(6-24)12(28)23-9(4-10(17)25)14(30)22-8(2-1-3-20-15(18)19)13(29)21-5-11(26)27/h7-9,24H,1-6,16H2,(H2,17,25)(H,21,29)(H,22,30)(H,23,28)(H,26,27)(H4,18,19,20). The SMILES string of the molecule is NC(=O)CC(NC(=O)C(N)CO)C(=O)NC(CCCN=C(N)N)C(=O)NCC(=O)O. The van der Waals surface area contributed by atoms with Gasteiger partial charge in [0.25, 0.3) is 0 Å². The summed E-state index contributed by atoms with van der Waals surface area (Å²) in [5, 5.41) is 24.2. The summed E-state index contributed by atoms with van der Waals surface area (Å²) in [6, 6.07) is -4.03. The number of aliphatic hydroxyl groups excluding tert-OH is 1. The van der Waals surface area contributed by atoms with Crippen molar-refractivity contribution in [2.24, 2.45) is 27.9 Å². The van der Waals surface area contributed by atoms with E-state index in [1.165, 1.54) is 0 Å². The topological polar surface area (TPSA) is 278 Å². The second-order valence-corrected chi connectivity index (χ2v) is 6.14.